The molecule has 0 spiro atoms. The molecule has 1 aromatic rings. The molecule has 5 heteroatoms. The SMILES string of the molecule is CCOC(=O)C(CCc1ccccc1)CN[C@@H](C)C(=O)N1CCCCC1. The Hall–Kier alpha value is -1.88. The second-order valence-corrected chi connectivity index (χ2v) is 6.99. The molecule has 5 nitrogen and oxygen atoms in total. The minimum atomic E-state index is -0.276. The third kappa shape index (κ3) is 6.45. The monoisotopic (exact) mass is 360 g/mol. The smallest absolute Gasteiger partial charge is 0.310 e. The van der Waals surface area contributed by atoms with Gasteiger partial charge in [0.05, 0.1) is 18.6 Å². The van der Waals surface area contributed by atoms with Crippen molar-refractivity contribution < 1.29 is 14.3 Å². The first-order valence-corrected chi connectivity index (χ1v) is 9.84. The van der Waals surface area contributed by atoms with Crippen molar-refractivity contribution in [1.82, 2.24) is 10.2 Å². The highest BCUT2D eigenvalue weighted by Crippen LogP contribution is 2.13. The summed E-state index contributed by atoms with van der Waals surface area (Å²) in [5.41, 5.74) is 1.21. The molecular weight excluding hydrogens is 328 g/mol. The molecule has 1 aromatic carbocycles. The number of nitrogens with one attached hydrogen (secondary N) is 1. The quantitative estimate of drug-likeness (QED) is 0.688. The summed E-state index contributed by atoms with van der Waals surface area (Å²) in [7, 11) is 0. The number of hydrogen-bond donors (Lipinski definition) is 1. The first-order chi connectivity index (χ1) is 12.6. The van der Waals surface area contributed by atoms with Crippen LogP contribution in [0.3, 0.4) is 0 Å². The number of carbonyl (C=O) groups is 2. The number of nitrogens with zero attached hydrogens (tertiary/aromatic N) is 1. The van der Waals surface area contributed by atoms with E-state index in [1.165, 1.54) is 12.0 Å². The normalized spacial score (nSPS) is 16.8. The first-order valence-electron chi connectivity index (χ1n) is 9.84. The molecule has 1 fully saturated rings. The van der Waals surface area contributed by atoms with Gasteiger partial charge < -0.3 is 15.0 Å². The molecule has 0 saturated carbocycles. The van der Waals surface area contributed by atoms with Gasteiger partial charge in [-0.1, -0.05) is 30.3 Å². The lowest BCUT2D eigenvalue weighted by molar-refractivity contribution is -0.148. The van der Waals surface area contributed by atoms with Crippen LogP contribution in [0.5, 0.6) is 0 Å². The molecule has 1 aliphatic heterocycles. The zero-order valence-corrected chi connectivity index (χ0v) is 16.1. The van der Waals surface area contributed by atoms with Crippen molar-refractivity contribution in [3.8, 4) is 0 Å². The van der Waals surface area contributed by atoms with Crippen molar-refractivity contribution in [1.29, 1.82) is 0 Å². The van der Waals surface area contributed by atoms with E-state index in [4.69, 9.17) is 4.74 Å². The van der Waals surface area contributed by atoms with Crippen LogP contribution >= 0.6 is 0 Å². The van der Waals surface area contributed by atoms with Crippen LogP contribution in [0, 0.1) is 5.92 Å². The Morgan fingerprint density at radius 1 is 1.15 bits per heavy atom. The fraction of sp³-hybridized carbons (Fsp3) is 0.619. The number of carbonyl (C=O) groups excluding carboxylic acids is 2. The number of likely N-dealkylation sites (tertiary alicyclic amines) is 1. The van der Waals surface area contributed by atoms with Gasteiger partial charge in [-0.3, -0.25) is 9.59 Å². The largest absolute Gasteiger partial charge is 0.466 e. The highest BCUT2D eigenvalue weighted by molar-refractivity contribution is 5.81. The van der Waals surface area contributed by atoms with Crippen molar-refractivity contribution >= 4 is 11.9 Å². The average Bonchev–Trinajstić information content (AvgIpc) is 2.68. The molecule has 2 rings (SSSR count). The van der Waals surface area contributed by atoms with E-state index in [1.807, 2.05) is 36.9 Å². The summed E-state index contributed by atoms with van der Waals surface area (Å²) >= 11 is 0. The maximum Gasteiger partial charge on any atom is 0.310 e. The summed E-state index contributed by atoms with van der Waals surface area (Å²) in [5, 5.41) is 3.26. The minimum absolute atomic E-state index is 0.135. The number of hydrogen-bond acceptors (Lipinski definition) is 4. The van der Waals surface area contributed by atoms with Gasteiger partial charge >= 0.3 is 5.97 Å². The Labute approximate surface area is 157 Å². The van der Waals surface area contributed by atoms with Crippen LogP contribution in [0.1, 0.15) is 45.1 Å². The lowest BCUT2D eigenvalue weighted by Gasteiger charge is -2.30. The highest BCUT2D eigenvalue weighted by Gasteiger charge is 2.25. The van der Waals surface area contributed by atoms with Crippen LogP contribution in [0.15, 0.2) is 30.3 Å². The fourth-order valence-electron chi connectivity index (χ4n) is 3.34. The van der Waals surface area contributed by atoms with Crippen LogP contribution in [0.2, 0.25) is 0 Å². The van der Waals surface area contributed by atoms with Crippen molar-refractivity contribution in [3.05, 3.63) is 35.9 Å². The van der Waals surface area contributed by atoms with E-state index in [1.54, 1.807) is 0 Å². The molecule has 0 radical (unpaired) electrons. The summed E-state index contributed by atoms with van der Waals surface area (Å²) in [5.74, 6) is -0.296. The molecule has 0 aromatic heterocycles. The summed E-state index contributed by atoms with van der Waals surface area (Å²) in [6.07, 6.45) is 4.90. The Kier molecular flexibility index (Phi) is 8.62. The Morgan fingerprint density at radius 3 is 2.50 bits per heavy atom. The van der Waals surface area contributed by atoms with E-state index < -0.39 is 0 Å². The molecule has 144 valence electrons. The van der Waals surface area contributed by atoms with Crippen molar-refractivity contribution in [3.63, 3.8) is 0 Å². The third-order valence-electron chi connectivity index (χ3n) is 4.95. The van der Waals surface area contributed by atoms with E-state index in [0.717, 1.165) is 32.4 Å². The van der Waals surface area contributed by atoms with Crippen molar-refractivity contribution in [2.75, 3.05) is 26.2 Å². The fourth-order valence-corrected chi connectivity index (χ4v) is 3.34. The predicted octanol–water partition coefficient (Wildman–Crippen LogP) is 2.79. The van der Waals surface area contributed by atoms with E-state index in [-0.39, 0.29) is 23.8 Å². The average molecular weight is 360 g/mol. The molecule has 1 heterocycles. The Balaban J connectivity index is 1.86. The number of esters is 1. The molecule has 0 aliphatic carbocycles. The van der Waals surface area contributed by atoms with Gasteiger partial charge in [0.1, 0.15) is 0 Å². The molecule has 0 bridgehead atoms. The van der Waals surface area contributed by atoms with Crippen LogP contribution in [-0.2, 0) is 20.7 Å². The molecule has 26 heavy (non-hydrogen) atoms. The van der Waals surface area contributed by atoms with E-state index in [2.05, 4.69) is 17.4 Å². The molecular formula is C21H32N2O3. The third-order valence-corrected chi connectivity index (χ3v) is 4.95. The standard InChI is InChI=1S/C21H32N2O3/c1-3-26-21(25)19(13-12-18-10-6-4-7-11-18)16-22-17(2)20(24)23-14-8-5-9-15-23/h4,6-7,10-11,17,19,22H,3,5,8-9,12-16H2,1-2H3/t17-,19?/m0/s1. The zero-order chi connectivity index (χ0) is 18.8. The van der Waals surface area contributed by atoms with Gasteiger partial charge in [0, 0.05) is 19.6 Å². The minimum Gasteiger partial charge on any atom is -0.466 e. The second kappa shape index (κ2) is 11.0. The maximum atomic E-state index is 12.5. The summed E-state index contributed by atoms with van der Waals surface area (Å²) in [6.45, 7) is 6.24. The van der Waals surface area contributed by atoms with Gasteiger partial charge in [-0.05, 0) is 51.5 Å². The van der Waals surface area contributed by atoms with Gasteiger partial charge in [-0.2, -0.15) is 0 Å². The lowest BCUT2D eigenvalue weighted by atomic mass is 9.99. The molecule has 2 atom stereocenters. The van der Waals surface area contributed by atoms with E-state index in [0.29, 0.717) is 19.6 Å². The van der Waals surface area contributed by atoms with Crippen LogP contribution in [0.4, 0.5) is 0 Å². The Bertz CT molecular complexity index is 556. The number of ether oxygens (including phenoxy) is 1. The van der Waals surface area contributed by atoms with Crippen LogP contribution < -0.4 is 5.32 Å². The molecule has 1 N–H and O–H groups in total. The number of rotatable bonds is 9. The van der Waals surface area contributed by atoms with Gasteiger partial charge in [0.25, 0.3) is 0 Å². The molecule has 1 saturated heterocycles. The van der Waals surface area contributed by atoms with Crippen LogP contribution in [-0.4, -0.2) is 49.1 Å². The number of aryl methyl sites for hydroxylation is 1. The van der Waals surface area contributed by atoms with Gasteiger partial charge in [0.15, 0.2) is 0 Å². The topological polar surface area (TPSA) is 58.6 Å². The van der Waals surface area contributed by atoms with Crippen molar-refractivity contribution in [2.45, 2.75) is 52.0 Å². The molecule has 1 unspecified atom stereocenters. The number of benzene rings is 1. The first kappa shape index (κ1) is 20.4. The summed E-state index contributed by atoms with van der Waals surface area (Å²) < 4.78 is 5.23. The molecule has 1 amide bonds. The van der Waals surface area contributed by atoms with E-state index in [9.17, 15) is 9.59 Å². The highest BCUT2D eigenvalue weighted by atomic mass is 16.5. The predicted molar refractivity (Wildman–Crippen MR) is 103 cm³/mol. The number of amides is 1. The Morgan fingerprint density at radius 2 is 1.85 bits per heavy atom. The van der Waals surface area contributed by atoms with Gasteiger partial charge in [-0.15, -0.1) is 0 Å². The maximum absolute atomic E-state index is 12.5. The van der Waals surface area contributed by atoms with Gasteiger partial charge in [0.2, 0.25) is 5.91 Å². The lowest BCUT2D eigenvalue weighted by Crippen LogP contribution is -2.48. The summed E-state index contributed by atoms with van der Waals surface area (Å²) in [6, 6.07) is 9.86. The molecule has 1 aliphatic rings. The van der Waals surface area contributed by atoms with Crippen LogP contribution in [0.25, 0.3) is 0 Å². The number of piperidine rings is 1. The van der Waals surface area contributed by atoms with E-state index >= 15 is 0 Å². The second-order valence-electron chi connectivity index (χ2n) is 6.99. The van der Waals surface area contributed by atoms with Gasteiger partial charge in [-0.25, -0.2) is 0 Å². The summed E-state index contributed by atoms with van der Waals surface area (Å²) in [4.78, 5) is 26.8. The zero-order valence-electron chi connectivity index (χ0n) is 16.1. The van der Waals surface area contributed by atoms with Crippen molar-refractivity contribution in [2.24, 2.45) is 5.92 Å².